The highest BCUT2D eigenvalue weighted by Gasteiger charge is 2.29. The molecule has 1 aromatic carbocycles. The first-order valence-corrected chi connectivity index (χ1v) is 9.56. The molecule has 0 saturated carbocycles. The second-order valence-corrected chi connectivity index (χ2v) is 6.95. The fourth-order valence-electron chi connectivity index (χ4n) is 3.58. The summed E-state index contributed by atoms with van der Waals surface area (Å²) >= 11 is 0. The molecule has 3 heterocycles. The Morgan fingerprint density at radius 3 is 2.55 bits per heavy atom. The summed E-state index contributed by atoms with van der Waals surface area (Å²) in [5, 5.41) is 4.10. The predicted molar refractivity (Wildman–Crippen MR) is 106 cm³/mol. The molecule has 29 heavy (non-hydrogen) atoms. The van der Waals surface area contributed by atoms with Gasteiger partial charge in [-0.05, 0) is 43.2 Å². The van der Waals surface area contributed by atoms with E-state index < -0.39 is 0 Å². The van der Waals surface area contributed by atoms with Gasteiger partial charge in [0, 0.05) is 44.6 Å². The quantitative estimate of drug-likeness (QED) is 0.663. The second kappa shape index (κ2) is 8.30. The number of likely N-dealkylation sites (tertiary alicyclic amines) is 1. The zero-order valence-electron chi connectivity index (χ0n) is 16.5. The summed E-state index contributed by atoms with van der Waals surface area (Å²) in [4.78, 5) is 23.7. The van der Waals surface area contributed by atoms with Gasteiger partial charge in [0.2, 0.25) is 5.88 Å². The highest BCUT2D eigenvalue weighted by Crippen LogP contribution is 2.33. The Labute approximate surface area is 169 Å². The topological polar surface area (TPSA) is 82.4 Å². The van der Waals surface area contributed by atoms with Crippen LogP contribution in [-0.2, 0) is 7.05 Å². The van der Waals surface area contributed by atoms with E-state index in [1.807, 2.05) is 29.2 Å². The van der Waals surface area contributed by atoms with Gasteiger partial charge in [0.05, 0.1) is 7.11 Å². The molecule has 150 valence electrons. The average Bonchev–Trinajstić information content (AvgIpc) is 3.20. The van der Waals surface area contributed by atoms with E-state index in [4.69, 9.17) is 9.47 Å². The van der Waals surface area contributed by atoms with Crippen molar-refractivity contribution in [1.29, 1.82) is 0 Å². The van der Waals surface area contributed by atoms with E-state index in [2.05, 4.69) is 15.1 Å². The highest BCUT2D eigenvalue weighted by atomic mass is 16.5. The molecule has 0 radical (unpaired) electrons. The number of carbonyl (C=O) groups excluding carboxylic acids is 1. The molecule has 0 N–H and O–H groups in total. The molecule has 2 aromatic heterocycles. The van der Waals surface area contributed by atoms with Crippen LogP contribution in [0.3, 0.4) is 0 Å². The first-order valence-electron chi connectivity index (χ1n) is 9.56. The molecule has 0 bridgehead atoms. The van der Waals surface area contributed by atoms with Crippen molar-refractivity contribution < 1.29 is 14.3 Å². The maximum Gasteiger partial charge on any atom is 0.272 e. The van der Waals surface area contributed by atoms with Gasteiger partial charge in [-0.25, -0.2) is 4.98 Å². The molecule has 3 aromatic rings. The van der Waals surface area contributed by atoms with Crippen molar-refractivity contribution >= 4 is 5.91 Å². The van der Waals surface area contributed by atoms with Crippen LogP contribution in [0, 0.1) is 0 Å². The van der Waals surface area contributed by atoms with E-state index in [9.17, 15) is 4.79 Å². The third-order valence-electron chi connectivity index (χ3n) is 5.10. The standard InChI is InChI=1S/C21H23N5O3/c1-25-18(9-10-24-25)21(27)26-13-3-4-15(14-26)19-20(23-12-11-22-19)29-17-7-5-16(28-2)6-8-17/h5-12,15H,3-4,13-14H2,1-2H3/t15-/m0/s1. The van der Waals surface area contributed by atoms with Crippen LogP contribution in [0.4, 0.5) is 0 Å². The highest BCUT2D eigenvalue weighted by molar-refractivity contribution is 5.92. The van der Waals surface area contributed by atoms with Crippen molar-refractivity contribution in [3.63, 3.8) is 0 Å². The van der Waals surface area contributed by atoms with E-state index in [1.54, 1.807) is 43.5 Å². The van der Waals surface area contributed by atoms with Crippen molar-refractivity contribution in [2.75, 3.05) is 20.2 Å². The lowest BCUT2D eigenvalue weighted by atomic mass is 9.94. The Balaban J connectivity index is 1.53. The number of benzene rings is 1. The summed E-state index contributed by atoms with van der Waals surface area (Å²) in [6, 6.07) is 9.07. The van der Waals surface area contributed by atoms with Gasteiger partial charge < -0.3 is 14.4 Å². The van der Waals surface area contributed by atoms with Gasteiger partial charge in [-0.1, -0.05) is 0 Å². The van der Waals surface area contributed by atoms with Crippen LogP contribution in [0.25, 0.3) is 0 Å². The van der Waals surface area contributed by atoms with Crippen molar-refractivity contribution in [1.82, 2.24) is 24.6 Å². The van der Waals surface area contributed by atoms with E-state index in [1.165, 1.54) is 0 Å². The molecule has 0 spiro atoms. The Bertz CT molecular complexity index is 986. The molecule has 1 amide bonds. The van der Waals surface area contributed by atoms with Gasteiger partial charge in [-0.2, -0.15) is 5.10 Å². The van der Waals surface area contributed by atoms with Gasteiger partial charge in [0.1, 0.15) is 22.9 Å². The molecule has 1 aliphatic heterocycles. The normalized spacial score (nSPS) is 16.5. The minimum atomic E-state index is -0.0174. The molecular formula is C21H23N5O3. The van der Waals surface area contributed by atoms with Gasteiger partial charge in [0.15, 0.2) is 0 Å². The zero-order valence-corrected chi connectivity index (χ0v) is 16.5. The van der Waals surface area contributed by atoms with E-state index in [0.29, 0.717) is 23.9 Å². The van der Waals surface area contributed by atoms with Crippen LogP contribution in [-0.4, -0.2) is 50.8 Å². The van der Waals surface area contributed by atoms with E-state index >= 15 is 0 Å². The van der Waals surface area contributed by atoms with E-state index in [-0.39, 0.29) is 11.8 Å². The summed E-state index contributed by atoms with van der Waals surface area (Å²) < 4.78 is 12.8. The SMILES string of the molecule is COc1ccc(Oc2nccnc2[C@H]2CCCN(C(=O)c3ccnn3C)C2)cc1. The lowest BCUT2D eigenvalue weighted by Crippen LogP contribution is -2.40. The molecule has 8 heteroatoms. The smallest absolute Gasteiger partial charge is 0.272 e. The molecule has 8 nitrogen and oxygen atoms in total. The fourth-order valence-corrected chi connectivity index (χ4v) is 3.58. The maximum absolute atomic E-state index is 12.9. The number of aromatic nitrogens is 4. The molecule has 1 saturated heterocycles. The lowest BCUT2D eigenvalue weighted by molar-refractivity contribution is 0.0693. The number of aryl methyl sites for hydroxylation is 1. The van der Waals surface area contributed by atoms with Crippen LogP contribution in [0.2, 0.25) is 0 Å². The minimum Gasteiger partial charge on any atom is -0.497 e. The first kappa shape index (κ1) is 18.9. The number of hydrogen-bond acceptors (Lipinski definition) is 6. The molecule has 4 rings (SSSR count). The summed E-state index contributed by atoms with van der Waals surface area (Å²) in [6.07, 6.45) is 6.74. The zero-order chi connectivity index (χ0) is 20.2. The molecular weight excluding hydrogens is 370 g/mol. The summed E-state index contributed by atoms with van der Waals surface area (Å²) in [6.45, 7) is 1.29. The largest absolute Gasteiger partial charge is 0.497 e. The Hall–Kier alpha value is -3.42. The van der Waals surface area contributed by atoms with Crippen molar-refractivity contribution in [2.24, 2.45) is 7.05 Å². The van der Waals surface area contributed by atoms with Crippen LogP contribution >= 0.6 is 0 Å². The maximum atomic E-state index is 12.9. The second-order valence-electron chi connectivity index (χ2n) is 6.95. The van der Waals surface area contributed by atoms with Crippen LogP contribution < -0.4 is 9.47 Å². The third-order valence-corrected chi connectivity index (χ3v) is 5.10. The monoisotopic (exact) mass is 393 g/mol. The average molecular weight is 393 g/mol. The predicted octanol–water partition coefficient (Wildman–Crippen LogP) is 3.03. The van der Waals surface area contributed by atoms with Crippen molar-refractivity contribution in [3.05, 3.63) is 60.3 Å². The number of rotatable bonds is 5. The third kappa shape index (κ3) is 4.06. The number of hydrogen-bond donors (Lipinski definition) is 0. The summed E-state index contributed by atoms with van der Waals surface area (Å²) in [5.74, 6) is 1.93. The van der Waals surface area contributed by atoms with Crippen molar-refractivity contribution in [2.45, 2.75) is 18.8 Å². The first-order chi connectivity index (χ1) is 14.2. The minimum absolute atomic E-state index is 0.0174. The molecule has 0 unspecified atom stereocenters. The van der Waals surface area contributed by atoms with Crippen LogP contribution in [0.15, 0.2) is 48.9 Å². The Kier molecular flexibility index (Phi) is 5.41. The Morgan fingerprint density at radius 2 is 1.83 bits per heavy atom. The van der Waals surface area contributed by atoms with Gasteiger partial charge >= 0.3 is 0 Å². The number of methoxy groups -OCH3 is 1. The Morgan fingerprint density at radius 1 is 1.07 bits per heavy atom. The van der Waals surface area contributed by atoms with Gasteiger partial charge in [0.25, 0.3) is 5.91 Å². The number of carbonyl (C=O) groups is 1. The van der Waals surface area contributed by atoms with Crippen molar-refractivity contribution in [3.8, 4) is 17.4 Å². The molecule has 1 fully saturated rings. The molecule has 1 aliphatic rings. The number of amides is 1. The summed E-state index contributed by atoms with van der Waals surface area (Å²) in [7, 11) is 3.40. The number of ether oxygens (including phenoxy) is 2. The molecule has 0 aliphatic carbocycles. The number of nitrogens with zero attached hydrogens (tertiary/aromatic N) is 5. The van der Waals surface area contributed by atoms with Crippen LogP contribution in [0.5, 0.6) is 17.4 Å². The fraction of sp³-hybridized carbons (Fsp3) is 0.333. The van der Waals surface area contributed by atoms with Gasteiger partial charge in [-0.3, -0.25) is 14.5 Å². The molecule has 1 atom stereocenters. The van der Waals surface area contributed by atoms with E-state index in [0.717, 1.165) is 30.8 Å². The van der Waals surface area contributed by atoms with Crippen LogP contribution in [0.1, 0.15) is 34.9 Å². The van der Waals surface area contributed by atoms with Gasteiger partial charge in [-0.15, -0.1) is 0 Å². The summed E-state index contributed by atoms with van der Waals surface area (Å²) in [5.41, 5.74) is 1.35. The number of piperidine rings is 1. The lowest BCUT2D eigenvalue weighted by Gasteiger charge is -2.32.